The molecule has 2 rings (SSSR count). The van der Waals surface area contributed by atoms with Gasteiger partial charge in [0.15, 0.2) is 0 Å². The van der Waals surface area contributed by atoms with Crippen LogP contribution in [0, 0.1) is 13.8 Å². The number of rotatable bonds is 2. The summed E-state index contributed by atoms with van der Waals surface area (Å²) in [7, 11) is 0. The number of carbonyl (C=O) groups is 1. The van der Waals surface area contributed by atoms with Crippen LogP contribution in [-0.4, -0.2) is 20.6 Å². The summed E-state index contributed by atoms with van der Waals surface area (Å²) in [5.41, 5.74) is 0.240. The van der Waals surface area contributed by atoms with Crippen LogP contribution in [0.1, 0.15) is 21.6 Å². The van der Waals surface area contributed by atoms with Gasteiger partial charge in [-0.3, -0.25) is 4.79 Å². The van der Waals surface area contributed by atoms with E-state index in [0.29, 0.717) is 5.69 Å². The average Bonchev–Trinajstić information content (AvgIpc) is 2.32. The molecule has 0 aliphatic heterocycles. The van der Waals surface area contributed by atoms with E-state index in [9.17, 15) is 14.4 Å². The standard InChI is InChI=1S/C13H12N2O4/c1-7-3-4-8(2)10(5-7)15-11(16)6-9(12(17)18)14-13(15)19/h3-6H,1-2H3,(H,14,19)(H,17,18). The third-order valence-electron chi connectivity index (χ3n) is 2.77. The van der Waals surface area contributed by atoms with Gasteiger partial charge in [0.05, 0.1) is 5.69 Å². The lowest BCUT2D eigenvalue weighted by Crippen LogP contribution is -2.35. The van der Waals surface area contributed by atoms with Crippen LogP contribution in [0.25, 0.3) is 5.69 Å². The van der Waals surface area contributed by atoms with E-state index in [2.05, 4.69) is 4.98 Å². The van der Waals surface area contributed by atoms with Crippen LogP contribution in [-0.2, 0) is 0 Å². The maximum Gasteiger partial charge on any atom is 0.352 e. The van der Waals surface area contributed by atoms with Crippen molar-refractivity contribution in [3.63, 3.8) is 0 Å². The quantitative estimate of drug-likeness (QED) is 0.836. The molecule has 2 aromatic rings. The number of H-pyrrole nitrogens is 1. The Kier molecular flexibility index (Phi) is 3.08. The van der Waals surface area contributed by atoms with Crippen molar-refractivity contribution in [1.82, 2.24) is 9.55 Å². The molecular weight excluding hydrogens is 248 g/mol. The second-order valence-corrected chi connectivity index (χ2v) is 4.26. The highest BCUT2D eigenvalue weighted by Gasteiger charge is 2.12. The predicted molar refractivity (Wildman–Crippen MR) is 69.1 cm³/mol. The lowest BCUT2D eigenvalue weighted by atomic mass is 10.1. The molecule has 0 spiro atoms. The Morgan fingerprint density at radius 1 is 1.21 bits per heavy atom. The molecule has 0 atom stereocenters. The van der Waals surface area contributed by atoms with Crippen LogP contribution in [0.15, 0.2) is 33.9 Å². The Morgan fingerprint density at radius 2 is 1.89 bits per heavy atom. The van der Waals surface area contributed by atoms with Crippen molar-refractivity contribution in [3.8, 4) is 5.69 Å². The highest BCUT2D eigenvalue weighted by molar-refractivity contribution is 5.84. The number of nitrogens with one attached hydrogen (secondary N) is 1. The predicted octanol–water partition coefficient (Wildman–Crippen LogP) is 0.841. The normalized spacial score (nSPS) is 10.4. The van der Waals surface area contributed by atoms with Crippen LogP contribution < -0.4 is 11.2 Å². The molecule has 0 aliphatic rings. The van der Waals surface area contributed by atoms with E-state index >= 15 is 0 Å². The van der Waals surface area contributed by atoms with Gasteiger partial charge >= 0.3 is 11.7 Å². The lowest BCUT2D eigenvalue weighted by molar-refractivity contribution is 0.0689. The summed E-state index contributed by atoms with van der Waals surface area (Å²) in [5.74, 6) is -1.35. The molecule has 0 bridgehead atoms. The summed E-state index contributed by atoms with van der Waals surface area (Å²) in [6, 6.07) is 6.25. The minimum atomic E-state index is -1.35. The number of aromatic carboxylic acids is 1. The van der Waals surface area contributed by atoms with Crippen LogP contribution in [0.4, 0.5) is 0 Å². The number of nitrogens with zero attached hydrogens (tertiary/aromatic N) is 1. The van der Waals surface area contributed by atoms with Crippen molar-refractivity contribution in [1.29, 1.82) is 0 Å². The van der Waals surface area contributed by atoms with Gasteiger partial charge in [0, 0.05) is 6.07 Å². The Labute approximate surface area is 108 Å². The van der Waals surface area contributed by atoms with E-state index in [4.69, 9.17) is 5.11 Å². The molecule has 6 nitrogen and oxygen atoms in total. The molecule has 1 aromatic heterocycles. The summed E-state index contributed by atoms with van der Waals surface area (Å²) < 4.78 is 0.925. The first-order valence-corrected chi connectivity index (χ1v) is 5.57. The molecular formula is C13H12N2O4. The zero-order valence-electron chi connectivity index (χ0n) is 10.4. The molecule has 0 saturated heterocycles. The molecule has 1 aromatic carbocycles. The minimum absolute atomic E-state index is 0.420. The topological polar surface area (TPSA) is 92.2 Å². The smallest absolute Gasteiger partial charge is 0.352 e. The Balaban J connectivity index is 2.77. The number of benzene rings is 1. The molecule has 98 valence electrons. The van der Waals surface area contributed by atoms with Crippen molar-refractivity contribution in [3.05, 3.63) is 61.9 Å². The first kappa shape index (κ1) is 12.8. The average molecular weight is 260 g/mol. The fraction of sp³-hybridized carbons (Fsp3) is 0.154. The van der Waals surface area contributed by atoms with Gasteiger partial charge in [-0.1, -0.05) is 12.1 Å². The molecule has 0 saturated carbocycles. The highest BCUT2D eigenvalue weighted by atomic mass is 16.4. The summed E-state index contributed by atoms with van der Waals surface area (Å²) in [4.78, 5) is 36.7. The Bertz CT molecular complexity index is 740. The molecule has 6 heteroatoms. The van der Waals surface area contributed by atoms with Gasteiger partial charge in [0.25, 0.3) is 5.56 Å². The zero-order valence-corrected chi connectivity index (χ0v) is 10.4. The van der Waals surface area contributed by atoms with Crippen LogP contribution in [0.3, 0.4) is 0 Å². The van der Waals surface area contributed by atoms with Crippen molar-refractivity contribution in [2.75, 3.05) is 0 Å². The Morgan fingerprint density at radius 3 is 2.47 bits per heavy atom. The van der Waals surface area contributed by atoms with Gasteiger partial charge in [-0.25, -0.2) is 14.2 Å². The maximum atomic E-state index is 11.9. The third-order valence-corrected chi connectivity index (χ3v) is 2.77. The number of carboxylic acids is 1. The fourth-order valence-corrected chi connectivity index (χ4v) is 1.80. The number of aryl methyl sites for hydroxylation is 2. The molecule has 0 fully saturated rings. The largest absolute Gasteiger partial charge is 0.477 e. The summed E-state index contributed by atoms with van der Waals surface area (Å²) in [6.07, 6.45) is 0. The van der Waals surface area contributed by atoms with Crippen LogP contribution in [0.5, 0.6) is 0 Å². The second-order valence-electron chi connectivity index (χ2n) is 4.26. The second kappa shape index (κ2) is 4.56. The third kappa shape index (κ3) is 2.33. The number of aromatic nitrogens is 2. The number of hydrogen-bond acceptors (Lipinski definition) is 3. The molecule has 2 N–H and O–H groups in total. The van der Waals surface area contributed by atoms with Gasteiger partial charge in [0.2, 0.25) is 0 Å². The van der Waals surface area contributed by atoms with Gasteiger partial charge in [-0.15, -0.1) is 0 Å². The molecule has 0 unspecified atom stereocenters. The van der Waals surface area contributed by atoms with Crippen LogP contribution >= 0.6 is 0 Å². The lowest BCUT2D eigenvalue weighted by Gasteiger charge is -2.09. The summed E-state index contributed by atoms with van der Waals surface area (Å²) in [5, 5.41) is 8.78. The molecule has 0 amide bonds. The Hall–Kier alpha value is -2.63. The van der Waals surface area contributed by atoms with Crippen LogP contribution in [0.2, 0.25) is 0 Å². The first-order valence-electron chi connectivity index (χ1n) is 5.57. The van der Waals surface area contributed by atoms with Crippen molar-refractivity contribution in [2.24, 2.45) is 0 Å². The van der Waals surface area contributed by atoms with E-state index in [1.807, 2.05) is 13.0 Å². The molecule has 0 radical (unpaired) electrons. The molecule has 0 aliphatic carbocycles. The van der Waals surface area contributed by atoms with E-state index in [-0.39, 0.29) is 0 Å². The molecule has 19 heavy (non-hydrogen) atoms. The maximum absolute atomic E-state index is 11.9. The minimum Gasteiger partial charge on any atom is -0.477 e. The summed E-state index contributed by atoms with van der Waals surface area (Å²) >= 11 is 0. The SMILES string of the molecule is Cc1ccc(C)c(-n2c(=O)cc(C(=O)O)[nH]c2=O)c1. The van der Waals surface area contributed by atoms with Gasteiger partial charge in [0.1, 0.15) is 5.69 Å². The van der Waals surface area contributed by atoms with E-state index < -0.39 is 22.9 Å². The zero-order chi connectivity index (χ0) is 14.2. The van der Waals surface area contributed by atoms with Gasteiger partial charge in [-0.2, -0.15) is 0 Å². The molecule has 1 heterocycles. The van der Waals surface area contributed by atoms with Crippen molar-refractivity contribution < 1.29 is 9.90 Å². The number of carboxylic acid groups (broad SMARTS) is 1. The monoisotopic (exact) mass is 260 g/mol. The van der Waals surface area contributed by atoms with E-state index in [1.54, 1.807) is 19.1 Å². The number of aromatic amines is 1. The van der Waals surface area contributed by atoms with Gasteiger partial charge < -0.3 is 10.1 Å². The van der Waals surface area contributed by atoms with Gasteiger partial charge in [-0.05, 0) is 31.0 Å². The number of hydrogen-bond donors (Lipinski definition) is 2. The van der Waals surface area contributed by atoms with Crippen molar-refractivity contribution in [2.45, 2.75) is 13.8 Å². The fourth-order valence-electron chi connectivity index (χ4n) is 1.80. The highest BCUT2D eigenvalue weighted by Crippen LogP contribution is 2.12. The van der Waals surface area contributed by atoms with Crippen molar-refractivity contribution >= 4 is 5.97 Å². The van der Waals surface area contributed by atoms with E-state index in [1.165, 1.54) is 0 Å². The first-order chi connectivity index (χ1) is 8.90. The summed E-state index contributed by atoms with van der Waals surface area (Å²) in [6.45, 7) is 3.61. The van der Waals surface area contributed by atoms with E-state index in [0.717, 1.165) is 21.8 Å².